The molecule has 0 bridgehead atoms. The molecule has 23 heavy (non-hydrogen) atoms. The highest BCUT2D eigenvalue weighted by Gasteiger charge is 2.07. The second-order valence-corrected chi connectivity index (χ2v) is 5.95. The first-order valence-corrected chi connectivity index (χ1v) is 8.00. The Balaban J connectivity index is 1.93. The molecule has 0 aliphatic carbocycles. The topological polar surface area (TPSA) is 44.8 Å². The van der Waals surface area contributed by atoms with Crippen LogP contribution in [0.3, 0.4) is 0 Å². The zero-order valence-corrected chi connectivity index (χ0v) is 15.0. The van der Waals surface area contributed by atoms with Gasteiger partial charge in [0.1, 0.15) is 25.2 Å². The normalized spacial score (nSPS) is 10.3. The number of halogens is 1. The number of carbonyl (C=O) groups is 1. The van der Waals surface area contributed by atoms with Crippen LogP contribution in [0.1, 0.15) is 21.5 Å². The highest BCUT2D eigenvalue weighted by Crippen LogP contribution is 2.29. The monoisotopic (exact) mass is 378 g/mol. The number of carbonyl (C=O) groups excluding carboxylic acids is 1. The number of hydrogen-bond donors (Lipinski definition) is 0. The fourth-order valence-electron chi connectivity index (χ4n) is 2.05. The molecule has 5 heteroatoms. The van der Waals surface area contributed by atoms with Crippen LogP contribution in [0, 0.1) is 13.8 Å². The van der Waals surface area contributed by atoms with E-state index in [0.717, 1.165) is 16.5 Å². The molecule has 0 aromatic heterocycles. The van der Waals surface area contributed by atoms with Crippen molar-refractivity contribution in [1.82, 2.24) is 0 Å². The first-order chi connectivity index (χ1) is 11.0. The van der Waals surface area contributed by atoms with Gasteiger partial charge in [-0.25, -0.2) is 0 Å². The van der Waals surface area contributed by atoms with Gasteiger partial charge in [-0.05, 0) is 71.2 Å². The second kappa shape index (κ2) is 8.02. The van der Waals surface area contributed by atoms with Gasteiger partial charge in [0.15, 0.2) is 11.5 Å². The molecule has 2 aromatic rings. The summed E-state index contributed by atoms with van der Waals surface area (Å²) in [5, 5.41) is 0. The molecule has 0 saturated carbocycles. The van der Waals surface area contributed by atoms with Crippen molar-refractivity contribution in [2.24, 2.45) is 0 Å². The predicted octanol–water partition coefficient (Wildman–Crippen LogP) is 4.34. The summed E-state index contributed by atoms with van der Waals surface area (Å²) in [6, 6.07) is 9.08. The molecular formula is C18H19BrO4. The van der Waals surface area contributed by atoms with E-state index in [0.29, 0.717) is 30.3 Å². The Morgan fingerprint density at radius 2 is 1.61 bits per heavy atom. The molecule has 0 amide bonds. The molecule has 0 radical (unpaired) electrons. The van der Waals surface area contributed by atoms with E-state index in [4.69, 9.17) is 14.2 Å². The van der Waals surface area contributed by atoms with Gasteiger partial charge in [-0.1, -0.05) is 0 Å². The van der Waals surface area contributed by atoms with E-state index in [1.54, 1.807) is 25.3 Å². The summed E-state index contributed by atoms with van der Waals surface area (Å²) in [6.45, 7) is 4.88. The lowest BCUT2D eigenvalue weighted by Crippen LogP contribution is -2.10. The molecule has 0 saturated heterocycles. The molecule has 0 aliphatic heterocycles. The lowest BCUT2D eigenvalue weighted by atomic mass is 10.1. The third-order valence-electron chi connectivity index (χ3n) is 3.47. The molecule has 0 atom stereocenters. The van der Waals surface area contributed by atoms with Gasteiger partial charge < -0.3 is 14.2 Å². The predicted molar refractivity (Wildman–Crippen MR) is 93.0 cm³/mol. The van der Waals surface area contributed by atoms with Crippen LogP contribution in [0.4, 0.5) is 0 Å². The molecule has 0 fully saturated rings. The maximum atomic E-state index is 10.8. The maximum absolute atomic E-state index is 10.8. The minimum Gasteiger partial charge on any atom is -0.493 e. The van der Waals surface area contributed by atoms with Gasteiger partial charge in [0.25, 0.3) is 0 Å². The van der Waals surface area contributed by atoms with Crippen molar-refractivity contribution in [2.45, 2.75) is 13.8 Å². The Hall–Kier alpha value is -2.01. The fourth-order valence-corrected chi connectivity index (χ4v) is 2.62. The van der Waals surface area contributed by atoms with E-state index < -0.39 is 0 Å². The number of rotatable bonds is 7. The molecule has 2 aromatic carbocycles. The van der Waals surface area contributed by atoms with Gasteiger partial charge in [-0.2, -0.15) is 0 Å². The average molecular weight is 379 g/mol. The molecule has 0 heterocycles. The summed E-state index contributed by atoms with van der Waals surface area (Å²) in [7, 11) is 1.54. The van der Waals surface area contributed by atoms with Crippen LogP contribution in [-0.4, -0.2) is 26.6 Å². The fraction of sp³-hybridized carbons (Fsp3) is 0.278. The zero-order chi connectivity index (χ0) is 16.8. The Morgan fingerprint density at radius 3 is 2.26 bits per heavy atom. The van der Waals surface area contributed by atoms with Crippen molar-refractivity contribution in [2.75, 3.05) is 20.3 Å². The SMILES string of the molecule is COc1cc(C=O)ccc1OCCOc1cc(C)c(C)cc1Br. The van der Waals surface area contributed by atoms with Crippen molar-refractivity contribution in [3.63, 3.8) is 0 Å². The van der Waals surface area contributed by atoms with Crippen LogP contribution in [0.5, 0.6) is 17.2 Å². The quantitative estimate of drug-likeness (QED) is 0.530. The first kappa shape index (κ1) is 17.3. The van der Waals surface area contributed by atoms with E-state index in [-0.39, 0.29) is 0 Å². The standard InChI is InChI=1S/C18H19BrO4/c1-12-8-15(19)17(9-13(12)2)23-7-6-22-16-5-4-14(11-20)10-18(16)21-3/h4-5,8-11H,6-7H2,1-3H3. The summed E-state index contributed by atoms with van der Waals surface area (Å²) in [5.41, 5.74) is 2.93. The van der Waals surface area contributed by atoms with Crippen LogP contribution >= 0.6 is 15.9 Å². The van der Waals surface area contributed by atoms with Gasteiger partial charge in [0.05, 0.1) is 11.6 Å². The number of ether oxygens (including phenoxy) is 3. The van der Waals surface area contributed by atoms with Gasteiger partial charge in [-0.3, -0.25) is 4.79 Å². The van der Waals surface area contributed by atoms with Crippen LogP contribution < -0.4 is 14.2 Å². The van der Waals surface area contributed by atoms with Crippen molar-refractivity contribution < 1.29 is 19.0 Å². The summed E-state index contributed by atoms with van der Waals surface area (Å²) in [4.78, 5) is 10.8. The molecule has 4 nitrogen and oxygen atoms in total. The van der Waals surface area contributed by atoms with E-state index in [1.807, 2.05) is 19.1 Å². The molecule has 122 valence electrons. The number of methoxy groups -OCH3 is 1. The highest BCUT2D eigenvalue weighted by molar-refractivity contribution is 9.10. The number of aldehydes is 1. The summed E-state index contributed by atoms with van der Waals surface area (Å²) >= 11 is 3.50. The minimum atomic E-state index is 0.371. The summed E-state index contributed by atoms with van der Waals surface area (Å²) < 4.78 is 17.5. The smallest absolute Gasteiger partial charge is 0.161 e. The van der Waals surface area contributed by atoms with Crippen molar-refractivity contribution in [3.05, 3.63) is 51.5 Å². The summed E-state index contributed by atoms with van der Waals surface area (Å²) in [6.07, 6.45) is 0.770. The van der Waals surface area contributed by atoms with Crippen LogP contribution in [0.2, 0.25) is 0 Å². The summed E-state index contributed by atoms with van der Waals surface area (Å²) in [5.74, 6) is 1.91. The lowest BCUT2D eigenvalue weighted by Gasteiger charge is -2.13. The number of aryl methyl sites for hydroxylation is 2. The second-order valence-electron chi connectivity index (χ2n) is 5.09. The van der Waals surface area contributed by atoms with E-state index in [9.17, 15) is 4.79 Å². The number of hydrogen-bond acceptors (Lipinski definition) is 4. The van der Waals surface area contributed by atoms with Gasteiger partial charge in [0.2, 0.25) is 0 Å². The third kappa shape index (κ3) is 4.48. The van der Waals surface area contributed by atoms with Gasteiger partial charge >= 0.3 is 0 Å². The minimum absolute atomic E-state index is 0.371. The molecular weight excluding hydrogens is 360 g/mol. The largest absolute Gasteiger partial charge is 0.493 e. The Labute approximate surface area is 144 Å². The Kier molecular flexibility index (Phi) is 6.04. The van der Waals surface area contributed by atoms with Crippen molar-refractivity contribution >= 4 is 22.2 Å². The Morgan fingerprint density at radius 1 is 0.957 bits per heavy atom. The van der Waals surface area contributed by atoms with Crippen LogP contribution in [0.15, 0.2) is 34.8 Å². The van der Waals surface area contributed by atoms with Crippen molar-refractivity contribution in [3.8, 4) is 17.2 Å². The molecule has 0 aliphatic rings. The maximum Gasteiger partial charge on any atom is 0.161 e. The van der Waals surface area contributed by atoms with Gasteiger partial charge in [-0.15, -0.1) is 0 Å². The zero-order valence-electron chi connectivity index (χ0n) is 13.4. The molecule has 0 N–H and O–H groups in total. The van der Waals surface area contributed by atoms with E-state index >= 15 is 0 Å². The first-order valence-electron chi connectivity index (χ1n) is 7.20. The van der Waals surface area contributed by atoms with Crippen molar-refractivity contribution in [1.29, 1.82) is 0 Å². The highest BCUT2D eigenvalue weighted by atomic mass is 79.9. The lowest BCUT2D eigenvalue weighted by molar-refractivity contribution is 0.112. The molecule has 0 unspecified atom stereocenters. The average Bonchev–Trinajstić information content (AvgIpc) is 2.56. The molecule has 2 rings (SSSR count). The third-order valence-corrected chi connectivity index (χ3v) is 4.09. The van der Waals surface area contributed by atoms with E-state index in [1.165, 1.54) is 11.1 Å². The number of benzene rings is 2. The van der Waals surface area contributed by atoms with Crippen LogP contribution in [-0.2, 0) is 0 Å². The molecule has 0 spiro atoms. The Bertz CT molecular complexity index is 698. The van der Waals surface area contributed by atoms with Gasteiger partial charge in [0, 0.05) is 5.56 Å². The van der Waals surface area contributed by atoms with Crippen LogP contribution in [0.25, 0.3) is 0 Å². The van der Waals surface area contributed by atoms with E-state index in [2.05, 4.69) is 22.9 Å².